The van der Waals surface area contributed by atoms with Crippen LogP contribution in [0.4, 0.5) is 11.4 Å². The zero-order valence-corrected chi connectivity index (χ0v) is 12.6. The zero-order valence-electron chi connectivity index (χ0n) is 9.47. The predicted octanol–water partition coefficient (Wildman–Crippen LogP) is 3.78. The second-order valence-corrected chi connectivity index (χ2v) is 6.18. The Morgan fingerprint density at radius 2 is 1.94 bits per heavy atom. The minimum absolute atomic E-state index is 0.0682. The van der Waals surface area contributed by atoms with Gasteiger partial charge in [0.25, 0.3) is 0 Å². The Bertz CT molecular complexity index is 435. The van der Waals surface area contributed by atoms with Gasteiger partial charge in [-0.2, -0.15) is 0 Å². The molecule has 1 amide bonds. The third-order valence-corrected chi connectivity index (χ3v) is 4.31. The largest absolute Gasteiger partial charge is 0.399 e. The van der Waals surface area contributed by atoms with Gasteiger partial charge < -0.3 is 11.1 Å². The summed E-state index contributed by atoms with van der Waals surface area (Å²) in [6.07, 6.45) is 2.33. The van der Waals surface area contributed by atoms with Crippen LogP contribution in [0.5, 0.6) is 0 Å². The lowest BCUT2D eigenvalue weighted by molar-refractivity contribution is -0.119. The number of nitrogens with one attached hydrogen (secondary N) is 1. The molecule has 0 bridgehead atoms. The topological polar surface area (TPSA) is 55.1 Å². The molecule has 1 aromatic carbocycles. The van der Waals surface area contributed by atoms with Gasteiger partial charge in [-0.25, -0.2) is 0 Å². The van der Waals surface area contributed by atoms with E-state index in [-0.39, 0.29) is 11.8 Å². The van der Waals surface area contributed by atoms with Crippen molar-refractivity contribution in [2.75, 3.05) is 11.1 Å². The van der Waals surface area contributed by atoms with Crippen LogP contribution < -0.4 is 11.1 Å². The Labute approximate surface area is 117 Å². The fourth-order valence-electron chi connectivity index (χ4n) is 1.76. The van der Waals surface area contributed by atoms with Crippen molar-refractivity contribution in [2.24, 2.45) is 11.8 Å². The number of carbonyl (C=O) groups is 1. The number of carbonyl (C=O) groups excluding carboxylic acids is 1. The predicted molar refractivity (Wildman–Crippen MR) is 76.8 cm³/mol. The third kappa shape index (κ3) is 3.01. The normalized spacial score (nSPS) is 16.6. The van der Waals surface area contributed by atoms with Gasteiger partial charge in [-0.15, -0.1) is 0 Å². The first-order valence-electron chi connectivity index (χ1n) is 5.54. The highest BCUT2D eigenvalue weighted by Crippen LogP contribution is 2.38. The molecular weight excluding hydrogens is 348 g/mol. The lowest BCUT2D eigenvalue weighted by Crippen LogP contribution is -2.22. The molecule has 0 radical (unpaired) electrons. The molecule has 1 aliphatic carbocycles. The van der Waals surface area contributed by atoms with Crippen LogP contribution in [0.15, 0.2) is 21.1 Å². The maximum Gasteiger partial charge on any atom is 0.227 e. The molecule has 1 unspecified atom stereocenters. The van der Waals surface area contributed by atoms with Crippen molar-refractivity contribution in [3.63, 3.8) is 0 Å². The number of rotatable bonds is 3. The summed E-state index contributed by atoms with van der Waals surface area (Å²) in [5.41, 5.74) is 7.10. The Morgan fingerprint density at radius 1 is 1.41 bits per heavy atom. The quantitative estimate of drug-likeness (QED) is 0.805. The van der Waals surface area contributed by atoms with Crippen molar-refractivity contribution in [3.8, 4) is 0 Å². The molecule has 1 saturated carbocycles. The molecular formula is C12H14Br2N2O. The van der Waals surface area contributed by atoms with Crippen LogP contribution in [0.2, 0.25) is 0 Å². The lowest BCUT2D eigenvalue weighted by atomic mass is 10.1. The number of anilines is 2. The molecule has 1 aliphatic rings. The molecule has 0 spiro atoms. The van der Waals surface area contributed by atoms with Crippen LogP contribution in [-0.4, -0.2) is 5.91 Å². The fraction of sp³-hybridized carbons (Fsp3) is 0.417. The van der Waals surface area contributed by atoms with Crippen molar-refractivity contribution in [1.29, 1.82) is 0 Å². The minimum atomic E-state index is 0.0682. The van der Waals surface area contributed by atoms with E-state index in [2.05, 4.69) is 37.2 Å². The molecule has 0 saturated heterocycles. The Kier molecular flexibility index (Phi) is 3.78. The van der Waals surface area contributed by atoms with Crippen LogP contribution in [0.3, 0.4) is 0 Å². The summed E-state index contributed by atoms with van der Waals surface area (Å²) >= 11 is 6.81. The highest BCUT2D eigenvalue weighted by atomic mass is 79.9. The maximum atomic E-state index is 12.0. The Hall–Kier alpha value is -0.550. The van der Waals surface area contributed by atoms with Gasteiger partial charge >= 0.3 is 0 Å². The van der Waals surface area contributed by atoms with Crippen molar-refractivity contribution in [3.05, 3.63) is 21.1 Å². The highest BCUT2D eigenvalue weighted by molar-refractivity contribution is 9.11. The first kappa shape index (κ1) is 12.9. The van der Waals surface area contributed by atoms with Gasteiger partial charge in [0.1, 0.15) is 0 Å². The lowest BCUT2D eigenvalue weighted by Gasteiger charge is -2.14. The van der Waals surface area contributed by atoms with E-state index in [1.165, 1.54) is 12.8 Å². The summed E-state index contributed by atoms with van der Waals surface area (Å²) in [7, 11) is 0. The molecule has 1 atom stereocenters. The molecule has 3 N–H and O–H groups in total. The average molecular weight is 362 g/mol. The van der Waals surface area contributed by atoms with E-state index in [4.69, 9.17) is 5.73 Å². The van der Waals surface area contributed by atoms with Gasteiger partial charge in [0.15, 0.2) is 0 Å². The van der Waals surface area contributed by atoms with Gasteiger partial charge in [-0.05, 0) is 62.8 Å². The number of nitrogens with two attached hydrogens (primary N) is 1. The monoisotopic (exact) mass is 360 g/mol. The summed E-state index contributed by atoms with van der Waals surface area (Å²) in [4.78, 5) is 12.0. The number of halogens is 2. The van der Waals surface area contributed by atoms with E-state index >= 15 is 0 Å². The summed E-state index contributed by atoms with van der Waals surface area (Å²) in [6.45, 7) is 1.98. The minimum Gasteiger partial charge on any atom is -0.399 e. The molecule has 2 rings (SSSR count). The first-order valence-corrected chi connectivity index (χ1v) is 7.13. The van der Waals surface area contributed by atoms with Crippen molar-refractivity contribution in [1.82, 2.24) is 0 Å². The van der Waals surface area contributed by atoms with Gasteiger partial charge in [-0.1, -0.05) is 6.92 Å². The van der Waals surface area contributed by atoms with Gasteiger partial charge in [0, 0.05) is 20.6 Å². The van der Waals surface area contributed by atoms with Crippen molar-refractivity contribution in [2.45, 2.75) is 19.8 Å². The number of nitrogen functional groups attached to an aromatic ring is 1. The van der Waals surface area contributed by atoms with E-state index in [0.29, 0.717) is 11.6 Å². The molecule has 5 heteroatoms. The molecule has 0 heterocycles. The van der Waals surface area contributed by atoms with E-state index in [0.717, 1.165) is 14.6 Å². The van der Waals surface area contributed by atoms with Crippen molar-refractivity contribution >= 4 is 49.1 Å². The SMILES string of the molecule is CC(C(=O)Nc1c(Br)cc(N)cc1Br)C1CC1. The molecule has 0 aromatic heterocycles. The fourth-order valence-corrected chi connectivity index (χ4v) is 3.18. The molecule has 17 heavy (non-hydrogen) atoms. The summed E-state index contributed by atoms with van der Waals surface area (Å²) in [5.74, 6) is 0.700. The number of hydrogen-bond acceptors (Lipinski definition) is 2. The first-order chi connectivity index (χ1) is 7.99. The van der Waals surface area contributed by atoms with Crippen LogP contribution in [0, 0.1) is 11.8 Å². The molecule has 92 valence electrons. The van der Waals surface area contributed by atoms with E-state index in [1.54, 1.807) is 12.1 Å². The zero-order chi connectivity index (χ0) is 12.6. The molecule has 1 aromatic rings. The second kappa shape index (κ2) is 4.98. The van der Waals surface area contributed by atoms with E-state index < -0.39 is 0 Å². The molecule has 3 nitrogen and oxygen atoms in total. The van der Waals surface area contributed by atoms with Crippen LogP contribution in [0.1, 0.15) is 19.8 Å². The molecule has 1 fully saturated rings. The highest BCUT2D eigenvalue weighted by Gasteiger charge is 2.32. The second-order valence-electron chi connectivity index (χ2n) is 4.47. The van der Waals surface area contributed by atoms with E-state index in [9.17, 15) is 4.79 Å². The smallest absolute Gasteiger partial charge is 0.227 e. The van der Waals surface area contributed by atoms with Crippen LogP contribution in [-0.2, 0) is 4.79 Å². The number of amides is 1. The van der Waals surface area contributed by atoms with Crippen molar-refractivity contribution < 1.29 is 4.79 Å². The van der Waals surface area contributed by atoms with Crippen LogP contribution >= 0.6 is 31.9 Å². The van der Waals surface area contributed by atoms with E-state index in [1.807, 2.05) is 6.92 Å². The van der Waals surface area contributed by atoms with Crippen LogP contribution in [0.25, 0.3) is 0 Å². The average Bonchev–Trinajstić information content (AvgIpc) is 3.05. The number of hydrogen-bond donors (Lipinski definition) is 2. The van der Waals surface area contributed by atoms with Gasteiger partial charge in [-0.3, -0.25) is 4.79 Å². The third-order valence-electron chi connectivity index (χ3n) is 3.06. The number of benzene rings is 1. The Morgan fingerprint density at radius 3 is 2.41 bits per heavy atom. The Balaban J connectivity index is 2.15. The van der Waals surface area contributed by atoms with Gasteiger partial charge in [0.05, 0.1) is 5.69 Å². The summed E-state index contributed by atoms with van der Waals surface area (Å²) in [5, 5.41) is 2.94. The maximum absolute atomic E-state index is 12.0. The standard InChI is InChI=1S/C12H14Br2N2O/c1-6(7-2-3-7)12(17)16-11-9(13)4-8(15)5-10(11)14/h4-7H,2-3,15H2,1H3,(H,16,17). The summed E-state index contributed by atoms with van der Waals surface area (Å²) < 4.78 is 1.58. The molecule has 0 aliphatic heterocycles. The summed E-state index contributed by atoms with van der Waals surface area (Å²) in [6, 6.07) is 3.56. The van der Waals surface area contributed by atoms with Gasteiger partial charge in [0.2, 0.25) is 5.91 Å².